The molecule has 0 aliphatic carbocycles. The molecule has 0 spiro atoms. The Hall–Kier alpha value is -0.560. The van der Waals surface area contributed by atoms with Crippen molar-refractivity contribution in [2.75, 3.05) is 0 Å². The summed E-state index contributed by atoms with van der Waals surface area (Å²) < 4.78 is 39.7. The third-order valence-electron chi connectivity index (χ3n) is 1.23. The number of rotatable bonds is 1. The van der Waals surface area contributed by atoms with Crippen molar-refractivity contribution in [2.45, 2.75) is 6.36 Å². The minimum absolute atomic E-state index is 0.0358. The average molecular weight is 393 g/mol. The zero-order chi connectivity index (χ0) is 11.6. The topological polar surface area (TPSA) is 45.9 Å². The van der Waals surface area contributed by atoms with E-state index in [1.165, 1.54) is 0 Å². The average Bonchev–Trinajstić information content (AvgIpc) is 2.08. The van der Waals surface area contributed by atoms with E-state index in [1.807, 2.05) is 0 Å². The van der Waals surface area contributed by atoms with Gasteiger partial charge in [0.2, 0.25) is 5.88 Å². The first-order valence-corrected chi connectivity index (χ1v) is 5.22. The van der Waals surface area contributed by atoms with Crippen molar-refractivity contribution in [3.05, 3.63) is 19.8 Å². The summed E-state index contributed by atoms with van der Waals surface area (Å²) >= 11 is 4.72. The summed E-state index contributed by atoms with van der Waals surface area (Å²) in [6.07, 6.45) is -4.81. The van der Waals surface area contributed by atoms with Crippen molar-refractivity contribution in [3.8, 4) is 11.9 Å². The molecule has 0 N–H and O–H groups in total. The smallest absolute Gasteiger partial charge is 0.388 e. The van der Waals surface area contributed by atoms with E-state index in [0.717, 1.165) is 6.07 Å². The van der Waals surface area contributed by atoms with Crippen LogP contribution in [0.4, 0.5) is 13.2 Å². The zero-order valence-corrected chi connectivity index (χ0v) is 10.5. The Balaban J connectivity index is 3.13. The maximum atomic E-state index is 11.8. The van der Waals surface area contributed by atoms with Crippen LogP contribution in [-0.2, 0) is 0 Å². The molecular formula is C7HBrF3IN2O. The lowest BCUT2D eigenvalue weighted by Crippen LogP contribution is -2.18. The first-order chi connectivity index (χ1) is 6.83. The van der Waals surface area contributed by atoms with Gasteiger partial charge >= 0.3 is 6.36 Å². The fourth-order valence-corrected chi connectivity index (χ4v) is 1.55. The fraction of sp³-hybridized carbons (Fsp3) is 0.143. The Morgan fingerprint density at radius 3 is 2.60 bits per heavy atom. The Labute approximate surface area is 105 Å². The number of nitrogens with zero attached hydrogens (tertiary/aromatic N) is 2. The highest BCUT2D eigenvalue weighted by Gasteiger charge is 2.32. The molecule has 0 aliphatic heterocycles. The van der Waals surface area contributed by atoms with Crippen LogP contribution >= 0.6 is 38.5 Å². The van der Waals surface area contributed by atoms with Crippen LogP contribution in [0.2, 0.25) is 0 Å². The van der Waals surface area contributed by atoms with E-state index in [4.69, 9.17) is 5.26 Å². The molecule has 0 atom stereocenters. The number of aromatic nitrogens is 1. The van der Waals surface area contributed by atoms with E-state index < -0.39 is 12.2 Å². The molecule has 0 fully saturated rings. The highest BCUT2D eigenvalue weighted by molar-refractivity contribution is 14.1. The number of nitriles is 1. The third kappa shape index (κ3) is 3.49. The minimum atomic E-state index is -4.81. The number of pyridine rings is 1. The maximum Gasteiger partial charge on any atom is 0.574 e. The van der Waals surface area contributed by atoms with Gasteiger partial charge in [-0.05, 0) is 38.5 Å². The molecule has 8 heteroatoms. The predicted octanol–water partition coefficient (Wildman–Crippen LogP) is 3.22. The summed E-state index contributed by atoms with van der Waals surface area (Å²) in [5.74, 6) is -0.647. The number of alkyl halides is 3. The summed E-state index contributed by atoms with van der Waals surface area (Å²) in [6.45, 7) is 0. The molecule has 0 aliphatic rings. The zero-order valence-electron chi connectivity index (χ0n) is 6.77. The largest absolute Gasteiger partial charge is 0.574 e. The van der Waals surface area contributed by atoms with Gasteiger partial charge in [-0.1, -0.05) is 0 Å². The summed E-state index contributed by atoms with van der Waals surface area (Å²) in [4.78, 5) is 3.51. The molecule has 1 rings (SSSR count). The Bertz CT molecular complexity index is 429. The molecule has 15 heavy (non-hydrogen) atoms. The Morgan fingerprint density at radius 1 is 1.53 bits per heavy atom. The summed E-state index contributed by atoms with van der Waals surface area (Å²) in [7, 11) is 0. The molecule has 1 heterocycles. The first kappa shape index (κ1) is 12.5. The molecule has 0 amide bonds. The van der Waals surface area contributed by atoms with Crippen LogP contribution < -0.4 is 4.74 Å². The molecule has 1 aromatic rings. The molecule has 0 saturated carbocycles. The van der Waals surface area contributed by atoms with Gasteiger partial charge in [-0.2, -0.15) is 5.26 Å². The van der Waals surface area contributed by atoms with E-state index in [2.05, 4.69) is 25.7 Å². The van der Waals surface area contributed by atoms with E-state index in [1.54, 1.807) is 28.7 Å². The molecule has 0 saturated heterocycles. The minimum Gasteiger partial charge on any atom is -0.388 e. The molecular weight excluding hydrogens is 392 g/mol. The molecule has 80 valence electrons. The maximum absolute atomic E-state index is 11.8. The molecule has 0 bridgehead atoms. The molecule has 1 aromatic heterocycles. The normalized spacial score (nSPS) is 10.9. The van der Waals surface area contributed by atoms with Crippen molar-refractivity contribution < 1.29 is 17.9 Å². The lowest BCUT2D eigenvalue weighted by atomic mass is 10.3. The van der Waals surface area contributed by atoms with E-state index in [9.17, 15) is 13.2 Å². The van der Waals surface area contributed by atoms with Crippen LogP contribution in [0.1, 0.15) is 5.56 Å². The highest BCUT2D eigenvalue weighted by atomic mass is 127. The van der Waals surface area contributed by atoms with Gasteiger partial charge in [-0.25, -0.2) is 4.98 Å². The van der Waals surface area contributed by atoms with Crippen LogP contribution in [0, 0.1) is 15.0 Å². The number of hydrogen-bond donors (Lipinski definition) is 0. The van der Waals surface area contributed by atoms with Gasteiger partial charge < -0.3 is 4.74 Å². The van der Waals surface area contributed by atoms with Gasteiger partial charge in [0.25, 0.3) is 0 Å². The van der Waals surface area contributed by atoms with E-state index in [0.29, 0.717) is 4.47 Å². The second-order valence-corrected chi connectivity index (χ2v) is 4.09. The standard InChI is InChI=1S/C7HBrF3IN2O/c8-5-3(2-13)1-4(14-6(5)12)15-7(9,10)11/h1H. The van der Waals surface area contributed by atoms with E-state index >= 15 is 0 Å². The quantitative estimate of drug-likeness (QED) is 0.544. The van der Waals surface area contributed by atoms with Crippen LogP contribution in [0.3, 0.4) is 0 Å². The highest BCUT2D eigenvalue weighted by Crippen LogP contribution is 2.28. The third-order valence-corrected chi connectivity index (χ3v) is 3.56. The molecule has 0 aromatic carbocycles. The van der Waals surface area contributed by atoms with Crippen LogP contribution in [-0.4, -0.2) is 11.3 Å². The van der Waals surface area contributed by atoms with Crippen molar-refractivity contribution >= 4 is 38.5 Å². The SMILES string of the molecule is N#Cc1cc(OC(F)(F)F)nc(I)c1Br. The molecule has 3 nitrogen and oxygen atoms in total. The Morgan fingerprint density at radius 2 is 2.13 bits per heavy atom. The second kappa shape index (κ2) is 4.52. The number of halogens is 5. The van der Waals surface area contributed by atoms with Crippen LogP contribution in [0.5, 0.6) is 5.88 Å². The summed E-state index contributed by atoms with van der Waals surface area (Å²) in [5.41, 5.74) is 0.0358. The monoisotopic (exact) mass is 392 g/mol. The lowest BCUT2D eigenvalue weighted by Gasteiger charge is -2.08. The van der Waals surface area contributed by atoms with Crippen molar-refractivity contribution in [3.63, 3.8) is 0 Å². The second-order valence-electron chi connectivity index (χ2n) is 2.27. The van der Waals surface area contributed by atoms with Crippen LogP contribution in [0.25, 0.3) is 0 Å². The van der Waals surface area contributed by atoms with Gasteiger partial charge in [0.15, 0.2) is 0 Å². The lowest BCUT2D eigenvalue weighted by molar-refractivity contribution is -0.276. The van der Waals surface area contributed by atoms with Gasteiger partial charge in [0, 0.05) is 6.07 Å². The van der Waals surface area contributed by atoms with Crippen molar-refractivity contribution in [1.82, 2.24) is 4.98 Å². The van der Waals surface area contributed by atoms with Gasteiger partial charge in [0.05, 0.1) is 10.0 Å². The van der Waals surface area contributed by atoms with Crippen molar-refractivity contribution in [1.29, 1.82) is 5.26 Å². The molecule has 0 unspecified atom stereocenters. The predicted molar refractivity (Wildman–Crippen MR) is 56.1 cm³/mol. The van der Waals surface area contributed by atoms with Gasteiger partial charge in [-0.15, -0.1) is 13.2 Å². The summed E-state index contributed by atoms with van der Waals surface area (Å²) in [6, 6.07) is 2.64. The fourth-order valence-electron chi connectivity index (χ4n) is 0.728. The van der Waals surface area contributed by atoms with Gasteiger partial charge in [-0.3, -0.25) is 0 Å². The molecule has 0 radical (unpaired) electrons. The summed E-state index contributed by atoms with van der Waals surface area (Å²) in [5, 5.41) is 8.62. The first-order valence-electron chi connectivity index (χ1n) is 3.35. The van der Waals surface area contributed by atoms with Crippen molar-refractivity contribution in [2.24, 2.45) is 0 Å². The number of hydrogen-bond acceptors (Lipinski definition) is 3. The number of ether oxygens (including phenoxy) is 1. The van der Waals surface area contributed by atoms with E-state index in [-0.39, 0.29) is 9.26 Å². The van der Waals surface area contributed by atoms with Crippen LogP contribution in [0.15, 0.2) is 10.5 Å². The Kier molecular flexibility index (Phi) is 3.77. The van der Waals surface area contributed by atoms with Gasteiger partial charge in [0.1, 0.15) is 9.77 Å².